The molecule has 1 aromatic rings. The smallest absolute Gasteiger partial charge is 0.130 e. The van der Waals surface area contributed by atoms with Gasteiger partial charge >= 0.3 is 0 Å². The van der Waals surface area contributed by atoms with Crippen LogP contribution in [0, 0.1) is 11.3 Å². The molecule has 0 atom stereocenters. The molecule has 0 fully saturated rings. The average molecular weight is 315 g/mol. The van der Waals surface area contributed by atoms with Crippen molar-refractivity contribution in [2.45, 2.75) is 13.8 Å². The van der Waals surface area contributed by atoms with Crippen LogP contribution in [-0.2, 0) is 4.74 Å². The maximum atomic E-state index is 7.49. The van der Waals surface area contributed by atoms with Crippen molar-refractivity contribution in [2.75, 3.05) is 19.8 Å². The highest BCUT2D eigenvalue weighted by Gasteiger charge is 2.07. The van der Waals surface area contributed by atoms with Crippen LogP contribution in [0.15, 0.2) is 22.7 Å². The number of ether oxygens (including phenoxy) is 2. The van der Waals surface area contributed by atoms with Gasteiger partial charge in [0.1, 0.15) is 18.2 Å². The van der Waals surface area contributed by atoms with Crippen LogP contribution in [0.4, 0.5) is 0 Å². The molecule has 0 aliphatic carbocycles. The fourth-order valence-electron chi connectivity index (χ4n) is 1.37. The lowest BCUT2D eigenvalue weighted by Crippen LogP contribution is -2.15. The van der Waals surface area contributed by atoms with Crippen molar-refractivity contribution in [1.82, 2.24) is 0 Å². The largest absolute Gasteiger partial charge is 0.490 e. The Bertz CT molecular complexity index is 408. The van der Waals surface area contributed by atoms with Crippen LogP contribution >= 0.6 is 15.9 Å². The van der Waals surface area contributed by atoms with Crippen LogP contribution in [-0.4, -0.2) is 25.7 Å². The summed E-state index contributed by atoms with van der Waals surface area (Å²) in [4.78, 5) is 0. The van der Waals surface area contributed by atoms with Crippen molar-refractivity contribution in [3.63, 3.8) is 0 Å². The predicted molar refractivity (Wildman–Crippen MR) is 76.3 cm³/mol. The molecule has 0 bridgehead atoms. The molecule has 1 aromatic carbocycles. The van der Waals surface area contributed by atoms with Gasteiger partial charge in [-0.15, -0.1) is 0 Å². The van der Waals surface area contributed by atoms with E-state index in [1.165, 1.54) is 0 Å². The molecule has 0 aromatic heterocycles. The van der Waals surface area contributed by atoms with Crippen LogP contribution in [0.3, 0.4) is 0 Å². The third-order valence-electron chi connectivity index (χ3n) is 2.17. The number of nitrogen functional groups attached to an aromatic ring is 1. The maximum absolute atomic E-state index is 7.49. The molecule has 0 aliphatic heterocycles. The number of hydrogen-bond acceptors (Lipinski definition) is 3. The summed E-state index contributed by atoms with van der Waals surface area (Å²) >= 11 is 3.34. The molecule has 0 aliphatic rings. The average Bonchev–Trinajstić information content (AvgIpc) is 2.29. The topological polar surface area (TPSA) is 68.3 Å². The third kappa shape index (κ3) is 5.06. The van der Waals surface area contributed by atoms with Crippen molar-refractivity contribution in [3.05, 3.63) is 28.2 Å². The van der Waals surface area contributed by atoms with Gasteiger partial charge in [-0.05, 0) is 24.1 Å². The quantitative estimate of drug-likeness (QED) is 0.462. The van der Waals surface area contributed by atoms with Crippen LogP contribution in [0.2, 0.25) is 0 Å². The summed E-state index contributed by atoms with van der Waals surface area (Å²) in [7, 11) is 0. The van der Waals surface area contributed by atoms with E-state index in [1.807, 2.05) is 6.07 Å². The molecule has 1 rings (SSSR count). The Balaban J connectivity index is 2.49. The van der Waals surface area contributed by atoms with Crippen LogP contribution in [0.1, 0.15) is 19.4 Å². The first-order valence-electron chi connectivity index (χ1n) is 5.85. The Hall–Kier alpha value is -1.07. The van der Waals surface area contributed by atoms with E-state index < -0.39 is 0 Å². The van der Waals surface area contributed by atoms with Gasteiger partial charge in [0, 0.05) is 11.1 Å². The summed E-state index contributed by atoms with van der Waals surface area (Å²) in [6.07, 6.45) is 0. The molecule has 0 heterocycles. The van der Waals surface area contributed by atoms with E-state index in [2.05, 4.69) is 29.8 Å². The molecule has 3 N–H and O–H groups in total. The van der Waals surface area contributed by atoms with Crippen molar-refractivity contribution < 1.29 is 9.47 Å². The Morgan fingerprint density at radius 1 is 1.39 bits per heavy atom. The van der Waals surface area contributed by atoms with E-state index in [9.17, 15) is 0 Å². The van der Waals surface area contributed by atoms with Gasteiger partial charge in [0.2, 0.25) is 0 Å². The fraction of sp³-hybridized carbons (Fsp3) is 0.462. The maximum Gasteiger partial charge on any atom is 0.130 e. The zero-order valence-electron chi connectivity index (χ0n) is 10.7. The number of nitrogens with two attached hydrogens (primary N) is 1. The van der Waals surface area contributed by atoms with Crippen LogP contribution in [0.5, 0.6) is 5.75 Å². The number of nitrogens with one attached hydrogen (secondary N) is 1. The van der Waals surface area contributed by atoms with E-state index in [1.54, 1.807) is 12.1 Å². The molecule has 0 radical (unpaired) electrons. The SMILES string of the molecule is CC(C)COCCOc1ccc(Br)cc1C(=N)N. The van der Waals surface area contributed by atoms with Gasteiger partial charge in [-0.2, -0.15) is 0 Å². The molecule has 0 saturated carbocycles. The van der Waals surface area contributed by atoms with Gasteiger partial charge in [0.05, 0.1) is 12.2 Å². The van der Waals surface area contributed by atoms with Gasteiger partial charge in [0.25, 0.3) is 0 Å². The van der Waals surface area contributed by atoms with Crippen LogP contribution < -0.4 is 10.5 Å². The zero-order chi connectivity index (χ0) is 13.5. The van der Waals surface area contributed by atoms with Crippen molar-refractivity contribution in [1.29, 1.82) is 5.41 Å². The molecule has 0 unspecified atom stereocenters. The number of halogens is 1. The van der Waals surface area contributed by atoms with Crippen molar-refractivity contribution >= 4 is 21.8 Å². The first-order chi connectivity index (χ1) is 8.50. The first kappa shape index (κ1) is 15.0. The Kier molecular flexibility index (Phi) is 6.15. The number of hydrogen-bond donors (Lipinski definition) is 2. The molecule has 0 amide bonds. The van der Waals surface area contributed by atoms with E-state index in [0.717, 1.165) is 11.1 Å². The van der Waals surface area contributed by atoms with Crippen LogP contribution in [0.25, 0.3) is 0 Å². The minimum atomic E-state index is -0.00519. The van der Waals surface area contributed by atoms with Crippen molar-refractivity contribution in [3.8, 4) is 5.75 Å². The molecule has 5 heteroatoms. The molecule has 100 valence electrons. The molecule has 0 saturated heterocycles. The van der Waals surface area contributed by atoms with Gasteiger partial charge < -0.3 is 15.2 Å². The summed E-state index contributed by atoms with van der Waals surface area (Å²) in [5.74, 6) is 1.12. The molecule has 0 spiro atoms. The second-order valence-electron chi connectivity index (χ2n) is 4.37. The summed E-state index contributed by atoms with van der Waals surface area (Å²) < 4.78 is 11.9. The minimum absolute atomic E-state index is 0.00519. The summed E-state index contributed by atoms with van der Waals surface area (Å²) in [6, 6.07) is 5.42. The standard InChI is InChI=1S/C13H19BrN2O2/c1-9(2)8-17-5-6-18-12-4-3-10(14)7-11(12)13(15)16/h3-4,7,9H,5-6,8H2,1-2H3,(H3,15,16). The number of benzene rings is 1. The highest BCUT2D eigenvalue weighted by atomic mass is 79.9. The Morgan fingerprint density at radius 2 is 2.11 bits per heavy atom. The number of rotatable bonds is 7. The molecular weight excluding hydrogens is 296 g/mol. The molecular formula is C13H19BrN2O2. The minimum Gasteiger partial charge on any atom is -0.490 e. The highest BCUT2D eigenvalue weighted by molar-refractivity contribution is 9.10. The van der Waals surface area contributed by atoms with E-state index in [4.69, 9.17) is 20.6 Å². The molecule has 4 nitrogen and oxygen atoms in total. The van der Waals surface area contributed by atoms with E-state index in [-0.39, 0.29) is 5.84 Å². The van der Waals surface area contributed by atoms with Gasteiger partial charge in [-0.25, -0.2) is 0 Å². The predicted octanol–water partition coefficient (Wildman–Crippen LogP) is 2.78. The monoisotopic (exact) mass is 314 g/mol. The first-order valence-corrected chi connectivity index (χ1v) is 6.64. The van der Waals surface area contributed by atoms with E-state index >= 15 is 0 Å². The second kappa shape index (κ2) is 7.38. The van der Waals surface area contributed by atoms with Gasteiger partial charge in [0.15, 0.2) is 0 Å². The Labute approximate surface area is 116 Å². The third-order valence-corrected chi connectivity index (χ3v) is 2.66. The summed E-state index contributed by atoms with van der Waals surface area (Å²) in [5.41, 5.74) is 6.10. The highest BCUT2D eigenvalue weighted by Crippen LogP contribution is 2.22. The summed E-state index contributed by atoms with van der Waals surface area (Å²) in [6.45, 7) is 5.91. The van der Waals surface area contributed by atoms with Gasteiger partial charge in [-0.3, -0.25) is 5.41 Å². The lowest BCUT2D eigenvalue weighted by molar-refractivity contribution is 0.0818. The van der Waals surface area contributed by atoms with Gasteiger partial charge in [-0.1, -0.05) is 29.8 Å². The second-order valence-corrected chi connectivity index (χ2v) is 5.29. The normalized spacial score (nSPS) is 10.7. The molecule has 18 heavy (non-hydrogen) atoms. The van der Waals surface area contributed by atoms with E-state index in [0.29, 0.717) is 30.4 Å². The fourth-order valence-corrected chi connectivity index (χ4v) is 1.73. The van der Waals surface area contributed by atoms with Crippen molar-refractivity contribution in [2.24, 2.45) is 11.7 Å². The zero-order valence-corrected chi connectivity index (χ0v) is 12.3. The lowest BCUT2D eigenvalue weighted by Gasteiger charge is -2.12. The Morgan fingerprint density at radius 3 is 2.72 bits per heavy atom. The number of amidine groups is 1. The summed E-state index contributed by atoms with van der Waals surface area (Å²) in [5, 5.41) is 7.49. The lowest BCUT2D eigenvalue weighted by atomic mass is 10.2.